The average Bonchev–Trinajstić information content (AvgIpc) is 2.02. The highest BCUT2D eigenvalue weighted by atomic mass is 79.9. The van der Waals surface area contributed by atoms with Gasteiger partial charge in [-0.15, -0.1) is 0 Å². The van der Waals surface area contributed by atoms with E-state index in [1.807, 2.05) is 0 Å². The molecule has 0 aliphatic heterocycles. The fraction of sp³-hybridized carbons (Fsp3) is 0. The third kappa shape index (κ3) is 2.52. The number of hydrogen-bond donors (Lipinski definition) is 2. The molecule has 0 saturated heterocycles. The van der Waals surface area contributed by atoms with Crippen LogP contribution in [0.2, 0.25) is 0 Å². The van der Waals surface area contributed by atoms with Crippen LogP contribution in [0.25, 0.3) is 0 Å². The molecule has 1 rings (SSSR count). The minimum absolute atomic E-state index is 0.341. The van der Waals surface area contributed by atoms with Gasteiger partial charge in [-0.3, -0.25) is 10.2 Å². The predicted octanol–water partition coefficient (Wildman–Crippen LogP) is 2.58. The SMILES string of the molecule is NNC(=O)c1c(Br)cc(Br)cc1Br. The third-order valence-electron chi connectivity index (χ3n) is 1.37. The minimum Gasteiger partial charge on any atom is -0.290 e. The first-order chi connectivity index (χ1) is 6.06. The van der Waals surface area contributed by atoms with E-state index in [2.05, 4.69) is 53.2 Å². The van der Waals surface area contributed by atoms with Gasteiger partial charge in [0.1, 0.15) is 0 Å². The Morgan fingerprint density at radius 2 is 1.69 bits per heavy atom. The zero-order valence-electron chi connectivity index (χ0n) is 6.27. The summed E-state index contributed by atoms with van der Waals surface area (Å²) < 4.78 is 2.23. The molecule has 0 spiro atoms. The number of amides is 1. The summed E-state index contributed by atoms with van der Waals surface area (Å²) in [6, 6.07) is 3.55. The van der Waals surface area contributed by atoms with Crippen molar-refractivity contribution in [3.63, 3.8) is 0 Å². The van der Waals surface area contributed by atoms with Crippen LogP contribution in [0.5, 0.6) is 0 Å². The molecule has 0 radical (unpaired) electrons. The molecule has 0 heterocycles. The number of halogens is 3. The standard InChI is InChI=1S/C7H5Br3N2O/c8-3-1-4(9)6(5(10)2-3)7(13)12-11/h1-2H,11H2,(H,12,13). The Balaban J connectivity index is 3.28. The monoisotopic (exact) mass is 370 g/mol. The molecule has 1 aromatic carbocycles. The molecule has 0 fully saturated rings. The molecule has 0 saturated carbocycles. The van der Waals surface area contributed by atoms with Crippen LogP contribution in [-0.2, 0) is 0 Å². The van der Waals surface area contributed by atoms with E-state index >= 15 is 0 Å². The first kappa shape index (κ1) is 11.2. The third-order valence-corrected chi connectivity index (χ3v) is 3.07. The number of nitrogens with two attached hydrogens (primary N) is 1. The van der Waals surface area contributed by atoms with Crippen LogP contribution in [0, 0.1) is 0 Å². The van der Waals surface area contributed by atoms with Gasteiger partial charge in [-0.1, -0.05) is 15.9 Å². The van der Waals surface area contributed by atoms with Crippen LogP contribution in [-0.4, -0.2) is 5.91 Å². The van der Waals surface area contributed by atoms with Gasteiger partial charge in [-0.05, 0) is 44.0 Å². The first-order valence-corrected chi connectivity index (χ1v) is 5.59. The molecular weight excluding hydrogens is 368 g/mol. The average molecular weight is 373 g/mol. The Labute approximate surface area is 100 Å². The molecule has 1 amide bonds. The van der Waals surface area contributed by atoms with Crippen molar-refractivity contribution >= 4 is 53.7 Å². The van der Waals surface area contributed by atoms with Crippen LogP contribution in [0.3, 0.4) is 0 Å². The normalized spacial score (nSPS) is 9.85. The molecule has 3 N–H and O–H groups in total. The highest BCUT2D eigenvalue weighted by molar-refractivity contribution is 9.11. The van der Waals surface area contributed by atoms with Crippen molar-refractivity contribution in [3.8, 4) is 0 Å². The summed E-state index contributed by atoms with van der Waals surface area (Å²) in [5.74, 6) is 4.69. The number of nitrogens with one attached hydrogen (secondary N) is 1. The van der Waals surface area contributed by atoms with Gasteiger partial charge in [-0.25, -0.2) is 5.84 Å². The summed E-state index contributed by atoms with van der Waals surface area (Å²) in [5, 5.41) is 0. The molecule has 0 aliphatic rings. The molecular formula is C7H5Br3N2O. The van der Waals surface area contributed by atoms with Crippen molar-refractivity contribution in [1.29, 1.82) is 0 Å². The Morgan fingerprint density at radius 1 is 1.23 bits per heavy atom. The Bertz CT molecular complexity index is 331. The van der Waals surface area contributed by atoms with Gasteiger partial charge in [0.25, 0.3) is 5.91 Å². The second-order valence-corrected chi connectivity index (χ2v) is 4.84. The maximum Gasteiger partial charge on any atom is 0.267 e. The summed E-state index contributed by atoms with van der Waals surface area (Å²) in [6.07, 6.45) is 0. The summed E-state index contributed by atoms with van der Waals surface area (Å²) in [6.45, 7) is 0. The lowest BCUT2D eigenvalue weighted by molar-refractivity contribution is 0.0952. The highest BCUT2D eigenvalue weighted by Gasteiger charge is 2.13. The lowest BCUT2D eigenvalue weighted by Crippen LogP contribution is -2.30. The second kappa shape index (κ2) is 4.54. The van der Waals surface area contributed by atoms with Crippen LogP contribution >= 0.6 is 47.8 Å². The van der Waals surface area contributed by atoms with Crippen molar-refractivity contribution < 1.29 is 4.79 Å². The zero-order valence-corrected chi connectivity index (χ0v) is 11.0. The van der Waals surface area contributed by atoms with Gasteiger partial charge in [0.05, 0.1) is 5.56 Å². The molecule has 0 unspecified atom stereocenters. The summed E-state index contributed by atoms with van der Waals surface area (Å²) >= 11 is 9.82. The van der Waals surface area contributed by atoms with Crippen molar-refractivity contribution in [2.45, 2.75) is 0 Å². The van der Waals surface area contributed by atoms with Crippen LogP contribution < -0.4 is 11.3 Å². The van der Waals surface area contributed by atoms with Crippen LogP contribution in [0.1, 0.15) is 10.4 Å². The maximum atomic E-state index is 11.3. The van der Waals surface area contributed by atoms with Gasteiger partial charge in [-0.2, -0.15) is 0 Å². The van der Waals surface area contributed by atoms with Crippen molar-refractivity contribution in [3.05, 3.63) is 31.1 Å². The van der Waals surface area contributed by atoms with E-state index < -0.39 is 0 Å². The largest absolute Gasteiger partial charge is 0.290 e. The summed E-state index contributed by atoms with van der Waals surface area (Å²) in [4.78, 5) is 11.3. The molecule has 13 heavy (non-hydrogen) atoms. The Hall–Kier alpha value is 0.0900. The maximum absolute atomic E-state index is 11.3. The van der Waals surface area contributed by atoms with E-state index in [1.165, 1.54) is 0 Å². The summed E-state index contributed by atoms with van der Waals surface area (Å²) in [5.41, 5.74) is 2.55. The number of benzene rings is 1. The van der Waals surface area contributed by atoms with Crippen LogP contribution in [0.15, 0.2) is 25.6 Å². The van der Waals surface area contributed by atoms with E-state index in [0.29, 0.717) is 14.5 Å². The van der Waals surface area contributed by atoms with Crippen molar-refractivity contribution in [1.82, 2.24) is 5.43 Å². The number of hydrogen-bond acceptors (Lipinski definition) is 2. The number of rotatable bonds is 1. The zero-order chi connectivity index (χ0) is 10.0. The van der Waals surface area contributed by atoms with Gasteiger partial charge in [0.2, 0.25) is 0 Å². The lowest BCUT2D eigenvalue weighted by atomic mass is 10.2. The quantitative estimate of drug-likeness (QED) is 0.452. The molecule has 6 heteroatoms. The smallest absolute Gasteiger partial charge is 0.267 e. The number of carbonyl (C=O) groups is 1. The molecule has 0 aliphatic carbocycles. The highest BCUT2D eigenvalue weighted by Crippen LogP contribution is 2.29. The molecule has 0 atom stereocenters. The summed E-state index contributed by atoms with van der Waals surface area (Å²) in [7, 11) is 0. The molecule has 1 aromatic rings. The van der Waals surface area contributed by atoms with Gasteiger partial charge in [0.15, 0.2) is 0 Å². The number of hydrazine groups is 1. The van der Waals surface area contributed by atoms with Gasteiger partial charge in [0, 0.05) is 13.4 Å². The Morgan fingerprint density at radius 3 is 2.08 bits per heavy atom. The second-order valence-electron chi connectivity index (χ2n) is 2.22. The molecule has 70 valence electrons. The molecule has 0 aromatic heterocycles. The predicted molar refractivity (Wildman–Crippen MR) is 61.2 cm³/mol. The fourth-order valence-corrected chi connectivity index (χ4v) is 3.45. The van der Waals surface area contributed by atoms with E-state index in [-0.39, 0.29) is 5.91 Å². The lowest BCUT2D eigenvalue weighted by Gasteiger charge is -2.05. The van der Waals surface area contributed by atoms with Crippen molar-refractivity contribution in [2.24, 2.45) is 5.84 Å². The van der Waals surface area contributed by atoms with E-state index in [0.717, 1.165) is 4.47 Å². The first-order valence-electron chi connectivity index (χ1n) is 3.21. The van der Waals surface area contributed by atoms with Gasteiger partial charge < -0.3 is 0 Å². The van der Waals surface area contributed by atoms with Gasteiger partial charge >= 0.3 is 0 Å². The number of carbonyl (C=O) groups excluding carboxylic acids is 1. The number of nitrogen functional groups attached to an aromatic ring is 1. The Kier molecular flexibility index (Phi) is 3.90. The van der Waals surface area contributed by atoms with E-state index in [1.54, 1.807) is 12.1 Å². The van der Waals surface area contributed by atoms with E-state index in [4.69, 9.17) is 5.84 Å². The topological polar surface area (TPSA) is 55.1 Å². The molecule has 3 nitrogen and oxygen atoms in total. The van der Waals surface area contributed by atoms with Crippen LogP contribution in [0.4, 0.5) is 0 Å². The minimum atomic E-state index is -0.341. The fourth-order valence-electron chi connectivity index (χ4n) is 0.831. The van der Waals surface area contributed by atoms with Crippen molar-refractivity contribution in [2.75, 3.05) is 0 Å². The molecule has 0 bridgehead atoms. The van der Waals surface area contributed by atoms with E-state index in [9.17, 15) is 4.79 Å².